The molecule has 0 aliphatic rings. The number of benzene rings is 1. The molecule has 2 N–H and O–H groups in total. The molecule has 0 fully saturated rings. The molecule has 1 atom stereocenters. The van der Waals surface area contributed by atoms with Crippen LogP contribution in [-0.4, -0.2) is 30.8 Å². The minimum absolute atomic E-state index is 0.0306. The number of aromatic nitrogens is 4. The Bertz CT molecular complexity index is 922. The monoisotopic (exact) mass is 330 g/mol. The van der Waals surface area contributed by atoms with E-state index in [-0.39, 0.29) is 16.7 Å². The van der Waals surface area contributed by atoms with Crippen LogP contribution in [0.5, 0.6) is 0 Å². The number of nitrogens with zero attached hydrogens (tertiary/aromatic N) is 2. The van der Waals surface area contributed by atoms with E-state index in [1.54, 1.807) is 0 Å². The first-order chi connectivity index (χ1) is 11.0. The average Bonchev–Trinajstić information content (AvgIpc) is 3.05. The molecular formula is C16H18N4O2S. The number of nitrogens with one attached hydrogen (secondary N) is 2. The molecule has 2 heterocycles. The minimum Gasteiger partial charge on any atom is -0.358 e. The molecule has 6 nitrogen and oxygen atoms in total. The minimum atomic E-state index is -0.339. The van der Waals surface area contributed by atoms with Crippen molar-refractivity contribution in [2.45, 2.75) is 37.7 Å². The highest BCUT2D eigenvalue weighted by molar-refractivity contribution is 8.00. The highest BCUT2D eigenvalue weighted by Gasteiger charge is 2.24. The third kappa shape index (κ3) is 2.72. The maximum Gasteiger partial charge on any atom is 0.343 e. The molecule has 0 aliphatic carbocycles. The van der Waals surface area contributed by atoms with Crippen molar-refractivity contribution < 1.29 is 4.79 Å². The first kappa shape index (κ1) is 15.6. The van der Waals surface area contributed by atoms with Crippen LogP contribution >= 0.6 is 11.8 Å². The number of hydrogen-bond acceptors (Lipinski definition) is 4. The standard InChI is InChI=1S/C16H18N4O2S/c1-4-20-15(22)18-19-16(20)23-10(3)14(21)13-9(2)17-12-8-6-5-7-11(12)13/h5-8,10,17H,4H2,1-3H3,(H,18,22)/t10-/m1/s1. The number of aromatic amines is 2. The van der Waals surface area contributed by atoms with Gasteiger partial charge in [-0.15, -0.1) is 5.10 Å². The van der Waals surface area contributed by atoms with Gasteiger partial charge >= 0.3 is 5.69 Å². The molecular weight excluding hydrogens is 312 g/mol. The smallest absolute Gasteiger partial charge is 0.343 e. The summed E-state index contributed by atoms with van der Waals surface area (Å²) in [5, 5.41) is 7.56. The maximum atomic E-state index is 12.9. The number of carbonyl (C=O) groups excluding carboxylic acids is 1. The van der Waals surface area contributed by atoms with E-state index in [2.05, 4.69) is 15.2 Å². The third-order valence-corrected chi connectivity index (χ3v) is 4.92. The summed E-state index contributed by atoms with van der Waals surface area (Å²) in [6.45, 7) is 6.14. The first-order valence-electron chi connectivity index (χ1n) is 7.46. The first-order valence-corrected chi connectivity index (χ1v) is 8.34. The van der Waals surface area contributed by atoms with Gasteiger partial charge in [-0.2, -0.15) is 0 Å². The second kappa shape index (κ2) is 6.08. The Labute approximate surface area is 137 Å². The average molecular weight is 330 g/mol. The van der Waals surface area contributed by atoms with E-state index in [0.29, 0.717) is 17.3 Å². The molecule has 0 saturated carbocycles. The number of rotatable bonds is 5. The van der Waals surface area contributed by atoms with E-state index in [0.717, 1.165) is 16.6 Å². The lowest BCUT2D eigenvalue weighted by Gasteiger charge is -2.10. The number of hydrogen-bond donors (Lipinski definition) is 2. The second-order valence-corrected chi connectivity index (χ2v) is 6.66. The van der Waals surface area contributed by atoms with Gasteiger partial charge in [-0.3, -0.25) is 9.36 Å². The zero-order valence-electron chi connectivity index (χ0n) is 13.2. The lowest BCUT2D eigenvalue weighted by molar-refractivity contribution is 0.0995. The lowest BCUT2D eigenvalue weighted by Crippen LogP contribution is -2.19. The van der Waals surface area contributed by atoms with E-state index in [9.17, 15) is 9.59 Å². The van der Waals surface area contributed by atoms with Crippen LogP contribution in [0, 0.1) is 6.92 Å². The normalized spacial score (nSPS) is 12.7. The highest BCUT2D eigenvalue weighted by Crippen LogP contribution is 2.28. The van der Waals surface area contributed by atoms with E-state index in [4.69, 9.17) is 0 Å². The van der Waals surface area contributed by atoms with Crippen LogP contribution < -0.4 is 5.69 Å². The molecule has 0 unspecified atom stereocenters. The van der Waals surface area contributed by atoms with E-state index < -0.39 is 0 Å². The summed E-state index contributed by atoms with van der Waals surface area (Å²) in [6.07, 6.45) is 0. The molecule has 0 aliphatic heterocycles. The zero-order valence-corrected chi connectivity index (χ0v) is 14.0. The summed E-state index contributed by atoms with van der Waals surface area (Å²) in [5.41, 5.74) is 2.27. The molecule has 7 heteroatoms. The Balaban J connectivity index is 1.92. The molecule has 1 aromatic carbocycles. The number of Topliss-reactive ketones (excluding diaryl/α,β-unsaturated/α-hetero) is 1. The summed E-state index contributed by atoms with van der Waals surface area (Å²) in [7, 11) is 0. The van der Waals surface area contributed by atoms with Crippen LogP contribution in [-0.2, 0) is 6.54 Å². The number of carbonyl (C=O) groups is 1. The zero-order chi connectivity index (χ0) is 16.6. The largest absolute Gasteiger partial charge is 0.358 e. The molecule has 23 heavy (non-hydrogen) atoms. The predicted octanol–water partition coefficient (Wildman–Crippen LogP) is 2.74. The van der Waals surface area contributed by atoms with Crippen LogP contribution in [0.25, 0.3) is 10.9 Å². The van der Waals surface area contributed by atoms with E-state index >= 15 is 0 Å². The third-order valence-electron chi connectivity index (χ3n) is 3.83. The van der Waals surface area contributed by atoms with Gasteiger partial charge in [0, 0.05) is 28.7 Å². The van der Waals surface area contributed by atoms with Gasteiger partial charge in [0.25, 0.3) is 0 Å². The number of thioether (sulfide) groups is 1. The molecule has 0 spiro atoms. The molecule has 3 rings (SSSR count). The van der Waals surface area contributed by atoms with Gasteiger partial charge in [-0.05, 0) is 26.8 Å². The van der Waals surface area contributed by atoms with Crippen molar-refractivity contribution in [1.82, 2.24) is 19.7 Å². The fourth-order valence-corrected chi connectivity index (χ4v) is 3.66. The van der Waals surface area contributed by atoms with Gasteiger partial charge in [-0.25, -0.2) is 9.89 Å². The van der Waals surface area contributed by atoms with Crippen molar-refractivity contribution in [3.8, 4) is 0 Å². The van der Waals surface area contributed by atoms with Gasteiger partial charge in [0.1, 0.15) is 0 Å². The van der Waals surface area contributed by atoms with Gasteiger partial charge < -0.3 is 4.98 Å². The van der Waals surface area contributed by atoms with Gasteiger partial charge in [0.15, 0.2) is 10.9 Å². The summed E-state index contributed by atoms with van der Waals surface area (Å²) < 4.78 is 1.52. The second-order valence-electron chi connectivity index (χ2n) is 5.35. The SMILES string of the molecule is CCn1c(S[C@H](C)C(=O)c2c(C)[nH]c3ccccc23)n[nH]c1=O. The lowest BCUT2D eigenvalue weighted by atomic mass is 10.1. The molecule has 0 radical (unpaired) electrons. The Morgan fingerprint density at radius 2 is 2.13 bits per heavy atom. The van der Waals surface area contributed by atoms with Crippen LogP contribution in [0.2, 0.25) is 0 Å². The summed E-state index contributed by atoms with van der Waals surface area (Å²) >= 11 is 1.30. The van der Waals surface area contributed by atoms with Gasteiger partial charge in [0.05, 0.1) is 5.25 Å². The highest BCUT2D eigenvalue weighted by atomic mass is 32.2. The molecule has 0 amide bonds. The molecule has 3 aromatic rings. The quantitative estimate of drug-likeness (QED) is 0.556. The number of ketones is 1. The molecule has 2 aromatic heterocycles. The van der Waals surface area contributed by atoms with E-state index in [1.807, 2.05) is 45.0 Å². The molecule has 0 saturated heterocycles. The summed E-state index contributed by atoms with van der Waals surface area (Å²) in [6, 6.07) is 7.76. The number of fused-ring (bicyclic) bond motifs is 1. The summed E-state index contributed by atoms with van der Waals surface area (Å²) in [4.78, 5) is 27.8. The number of H-pyrrole nitrogens is 2. The van der Waals surface area contributed by atoms with Crippen LogP contribution in [0.15, 0.2) is 34.2 Å². The van der Waals surface area contributed by atoms with Crippen molar-refractivity contribution in [2.75, 3.05) is 0 Å². The van der Waals surface area contributed by atoms with Crippen molar-refractivity contribution in [1.29, 1.82) is 0 Å². The van der Waals surface area contributed by atoms with Gasteiger partial charge in [-0.1, -0.05) is 30.0 Å². The maximum absolute atomic E-state index is 12.9. The van der Waals surface area contributed by atoms with Crippen LogP contribution in [0.3, 0.4) is 0 Å². The van der Waals surface area contributed by atoms with Gasteiger partial charge in [0.2, 0.25) is 0 Å². The fraction of sp³-hybridized carbons (Fsp3) is 0.312. The van der Waals surface area contributed by atoms with Crippen LogP contribution in [0.4, 0.5) is 0 Å². The Hall–Kier alpha value is -2.28. The van der Waals surface area contributed by atoms with Crippen LogP contribution in [0.1, 0.15) is 29.9 Å². The topological polar surface area (TPSA) is 83.5 Å². The Morgan fingerprint density at radius 3 is 2.87 bits per heavy atom. The number of para-hydroxylation sites is 1. The Kier molecular flexibility index (Phi) is 4.12. The van der Waals surface area contributed by atoms with Crippen molar-refractivity contribution >= 4 is 28.4 Å². The predicted molar refractivity (Wildman–Crippen MR) is 91.2 cm³/mol. The molecule has 120 valence electrons. The fourth-order valence-electron chi connectivity index (χ4n) is 2.68. The Morgan fingerprint density at radius 1 is 1.39 bits per heavy atom. The molecule has 0 bridgehead atoms. The van der Waals surface area contributed by atoms with Crippen molar-refractivity contribution in [3.05, 3.63) is 46.0 Å². The number of aryl methyl sites for hydroxylation is 1. The van der Waals surface area contributed by atoms with Crippen molar-refractivity contribution in [2.24, 2.45) is 0 Å². The van der Waals surface area contributed by atoms with E-state index in [1.165, 1.54) is 16.3 Å². The summed E-state index contributed by atoms with van der Waals surface area (Å²) in [5.74, 6) is 0.0306. The van der Waals surface area contributed by atoms with Crippen molar-refractivity contribution in [3.63, 3.8) is 0 Å².